The van der Waals surface area contributed by atoms with Crippen molar-refractivity contribution in [3.63, 3.8) is 0 Å². The largest absolute Gasteiger partial charge is 0.545 e. The van der Waals surface area contributed by atoms with Gasteiger partial charge in [-0.15, -0.1) is 0 Å². The van der Waals surface area contributed by atoms with E-state index in [4.69, 9.17) is 0 Å². The van der Waals surface area contributed by atoms with E-state index >= 15 is 0 Å². The van der Waals surface area contributed by atoms with Gasteiger partial charge in [-0.2, -0.15) is 0 Å². The normalized spacial score (nSPS) is 12.1. The van der Waals surface area contributed by atoms with Crippen LogP contribution in [-0.4, -0.2) is 11.9 Å². The smallest absolute Gasteiger partial charge is 0.0678 e. The summed E-state index contributed by atoms with van der Waals surface area (Å²) in [4.78, 5) is 22.0. The minimum Gasteiger partial charge on any atom is -0.545 e. The molecule has 0 N–H and O–H groups in total. The van der Waals surface area contributed by atoms with Gasteiger partial charge in [0, 0.05) is 0 Å². The molecule has 0 rings (SSSR count). The lowest BCUT2D eigenvalue weighted by Gasteiger charge is -2.17. The molecule has 0 aliphatic heterocycles. The standard InChI is InChI=1S/C14H24O4/c1-3-5-7-9-11(13(15)16)12(14(17)18)10-8-6-4-2/h3-10H2,1-2H3,(H,15,16)(H,17,18)/p-2/b12-11-. The molecular formula is C14H22O4-2. The van der Waals surface area contributed by atoms with Crippen molar-refractivity contribution in [3.05, 3.63) is 11.1 Å². The van der Waals surface area contributed by atoms with Gasteiger partial charge < -0.3 is 19.8 Å². The monoisotopic (exact) mass is 254 g/mol. The first-order chi connectivity index (χ1) is 8.54. The van der Waals surface area contributed by atoms with Gasteiger partial charge in [-0.25, -0.2) is 0 Å². The summed E-state index contributed by atoms with van der Waals surface area (Å²) in [5.74, 6) is -2.75. The van der Waals surface area contributed by atoms with E-state index in [-0.39, 0.29) is 24.0 Å². The molecule has 18 heavy (non-hydrogen) atoms. The summed E-state index contributed by atoms with van der Waals surface area (Å²) in [7, 11) is 0. The number of unbranched alkanes of at least 4 members (excludes halogenated alkanes) is 4. The van der Waals surface area contributed by atoms with Crippen molar-refractivity contribution < 1.29 is 19.8 Å². The predicted octanol–water partition coefficient (Wildman–Crippen LogP) is 0.943. The molecule has 0 atom stereocenters. The number of carboxylic acid groups (broad SMARTS) is 2. The van der Waals surface area contributed by atoms with E-state index in [1.807, 2.05) is 13.8 Å². The summed E-state index contributed by atoms with van der Waals surface area (Å²) in [6, 6.07) is 0. The molecule has 0 heterocycles. The molecule has 0 aliphatic rings. The molecular weight excluding hydrogens is 232 g/mol. The minimum atomic E-state index is -1.37. The van der Waals surface area contributed by atoms with Crippen LogP contribution in [0.5, 0.6) is 0 Å². The van der Waals surface area contributed by atoms with Crippen molar-refractivity contribution in [2.45, 2.75) is 65.2 Å². The molecule has 0 bridgehead atoms. The van der Waals surface area contributed by atoms with E-state index in [1.165, 1.54) is 0 Å². The topological polar surface area (TPSA) is 80.3 Å². The van der Waals surface area contributed by atoms with Crippen LogP contribution < -0.4 is 10.2 Å². The Hall–Kier alpha value is -1.32. The minimum absolute atomic E-state index is 0.0837. The Morgan fingerprint density at radius 3 is 1.28 bits per heavy atom. The van der Waals surface area contributed by atoms with Crippen LogP contribution in [-0.2, 0) is 9.59 Å². The van der Waals surface area contributed by atoms with Gasteiger partial charge in [0.15, 0.2) is 0 Å². The Morgan fingerprint density at radius 1 is 0.722 bits per heavy atom. The molecule has 104 valence electrons. The molecule has 0 aliphatic carbocycles. The van der Waals surface area contributed by atoms with Gasteiger partial charge in [0.05, 0.1) is 11.9 Å². The Labute approximate surface area is 109 Å². The average molecular weight is 254 g/mol. The highest BCUT2D eigenvalue weighted by atomic mass is 16.4. The SMILES string of the molecule is CCCCC/C(C(=O)[O-])=C(\CCCCC)C(=O)[O-]. The van der Waals surface area contributed by atoms with E-state index in [0.29, 0.717) is 12.8 Å². The van der Waals surface area contributed by atoms with E-state index in [0.717, 1.165) is 25.7 Å². The average Bonchev–Trinajstić information content (AvgIpc) is 2.31. The van der Waals surface area contributed by atoms with Crippen molar-refractivity contribution in [2.75, 3.05) is 0 Å². The van der Waals surface area contributed by atoms with Crippen molar-refractivity contribution in [3.8, 4) is 0 Å². The summed E-state index contributed by atoms with van der Waals surface area (Å²) in [6.07, 6.45) is 5.53. The molecule has 0 aromatic heterocycles. The number of hydrogen-bond acceptors (Lipinski definition) is 4. The van der Waals surface area contributed by atoms with Crippen molar-refractivity contribution in [2.24, 2.45) is 0 Å². The highest BCUT2D eigenvalue weighted by molar-refractivity contribution is 5.97. The van der Waals surface area contributed by atoms with Crippen LogP contribution >= 0.6 is 0 Å². The van der Waals surface area contributed by atoms with Crippen LogP contribution in [0.2, 0.25) is 0 Å². The highest BCUT2D eigenvalue weighted by Gasteiger charge is 2.09. The first-order valence-electron chi connectivity index (χ1n) is 6.69. The van der Waals surface area contributed by atoms with E-state index in [1.54, 1.807) is 0 Å². The lowest BCUT2D eigenvalue weighted by molar-refractivity contribution is -0.304. The van der Waals surface area contributed by atoms with Crippen LogP contribution in [0.4, 0.5) is 0 Å². The van der Waals surface area contributed by atoms with E-state index in [9.17, 15) is 19.8 Å². The van der Waals surface area contributed by atoms with Gasteiger partial charge in [0.1, 0.15) is 0 Å². The number of carbonyl (C=O) groups excluding carboxylic acids is 2. The van der Waals surface area contributed by atoms with Crippen molar-refractivity contribution in [1.29, 1.82) is 0 Å². The predicted molar refractivity (Wildman–Crippen MR) is 65.3 cm³/mol. The second kappa shape index (κ2) is 9.68. The van der Waals surface area contributed by atoms with Crippen LogP contribution in [0.3, 0.4) is 0 Å². The molecule has 4 heteroatoms. The molecule has 0 aromatic rings. The third-order valence-electron chi connectivity index (χ3n) is 2.92. The first-order valence-corrected chi connectivity index (χ1v) is 6.69. The van der Waals surface area contributed by atoms with Gasteiger partial charge in [0.2, 0.25) is 0 Å². The Bertz CT molecular complexity index is 275. The zero-order valence-corrected chi connectivity index (χ0v) is 11.3. The van der Waals surface area contributed by atoms with Crippen LogP contribution in [0.25, 0.3) is 0 Å². The van der Waals surface area contributed by atoms with E-state index in [2.05, 4.69) is 0 Å². The van der Waals surface area contributed by atoms with Crippen LogP contribution in [0.1, 0.15) is 65.2 Å². The van der Waals surface area contributed by atoms with Crippen molar-refractivity contribution in [1.82, 2.24) is 0 Å². The molecule has 0 unspecified atom stereocenters. The molecule has 0 saturated heterocycles. The van der Waals surface area contributed by atoms with E-state index < -0.39 is 11.9 Å². The number of aliphatic carboxylic acids is 2. The second-order valence-electron chi connectivity index (χ2n) is 4.45. The first kappa shape index (κ1) is 16.7. The zero-order valence-electron chi connectivity index (χ0n) is 11.3. The summed E-state index contributed by atoms with van der Waals surface area (Å²) < 4.78 is 0. The Balaban J connectivity index is 4.80. The highest BCUT2D eigenvalue weighted by Crippen LogP contribution is 2.18. The lowest BCUT2D eigenvalue weighted by Crippen LogP contribution is -2.32. The maximum absolute atomic E-state index is 11.0. The maximum Gasteiger partial charge on any atom is 0.0678 e. The Kier molecular flexibility index (Phi) is 8.97. The van der Waals surface area contributed by atoms with Crippen LogP contribution in [0, 0.1) is 0 Å². The number of carbonyl (C=O) groups is 2. The maximum atomic E-state index is 11.0. The fourth-order valence-electron chi connectivity index (χ4n) is 1.86. The molecule has 0 radical (unpaired) electrons. The quantitative estimate of drug-likeness (QED) is 0.429. The lowest BCUT2D eigenvalue weighted by atomic mass is 9.97. The zero-order chi connectivity index (χ0) is 14.0. The summed E-state index contributed by atoms with van der Waals surface area (Å²) in [6.45, 7) is 4.01. The van der Waals surface area contributed by atoms with Gasteiger partial charge in [0.25, 0.3) is 0 Å². The van der Waals surface area contributed by atoms with Gasteiger partial charge in [-0.05, 0) is 36.8 Å². The fraction of sp³-hybridized carbons (Fsp3) is 0.714. The molecule has 4 nitrogen and oxygen atoms in total. The summed E-state index contributed by atoms with van der Waals surface area (Å²) >= 11 is 0. The molecule has 0 spiro atoms. The van der Waals surface area contributed by atoms with Gasteiger partial charge >= 0.3 is 0 Å². The number of rotatable bonds is 10. The molecule has 0 aromatic carbocycles. The molecule has 0 amide bonds. The molecule has 0 saturated carbocycles. The second-order valence-corrected chi connectivity index (χ2v) is 4.45. The van der Waals surface area contributed by atoms with Gasteiger partial charge in [-0.3, -0.25) is 0 Å². The van der Waals surface area contributed by atoms with Gasteiger partial charge in [-0.1, -0.05) is 39.5 Å². The Morgan fingerprint density at radius 2 is 1.06 bits per heavy atom. The molecule has 0 fully saturated rings. The van der Waals surface area contributed by atoms with Crippen molar-refractivity contribution >= 4 is 11.9 Å². The fourth-order valence-corrected chi connectivity index (χ4v) is 1.86. The number of hydrogen-bond donors (Lipinski definition) is 0. The third kappa shape index (κ3) is 6.42. The summed E-state index contributed by atoms with van der Waals surface area (Å²) in [5.41, 5.74) is -0.167. The summed E-state index contributed by atoms with van der Waals surface area (Å²) in [5, 5.41) is 22.0. The van der Waals surface area contributed by atoms with Crippen LogP contribution in [0.15, 0.2) is 11.1 Å². The number of carboxylic acids is 2. The third-order valence-corrected chi connectivity index (χ3v) is 2.92.